The highest BCUT2D eigenvalue weighted by Gasteiger charge is 2.10. The highest BCUT2D eigenvalue weighted by Crippen LogP contribution is 2.17. The van der Waals surface area contributed by atoms with Crippen molar-refractivity contribution < 1.29 is 4.79 Å². The lowest BCUT2D eigenvalue weighted by atomic mass is 10.2. The van der Waals surface area contributed by atoms with Crippen LogP contribution in [0.1, 0.15) is 18.3 Å². The third kappa shape index (κ3) is 1.95. The molecule has 2 rings (SSSR count). The van der Waals surface area contributed by atoms with Crippen LogP contribution in [0.2, 0.25) is 0 Å². The summed E-state index contributed by atoms with van der Waals surface area (Å²) in [6.07, 6.45) is 2.37. The number of ketones is 1. The maximum absolute atomic E-state index is 11.1. The molecule has 78 valence electrons. The van der Waals surface area contributed by atoms with Gasteiger partial charge in [-0.3, -0.25) is 4.79 Å². The van der Waals surface area contributed by atoms with Gasteiger partial charge in [0, 0.05) is 17.1 Å². The van der Waals surface area contributed by atoms with Crippen LogP contribution in [0.4, 0.5) is 0 Å². The summed E-state index contributed by atoms with van der Waals surface area (Å²) in [6, 6.07) is 3.88. The van der Waals surface area contributed by atoms with Crippen LogP contribution in [0, 0.1) is 6.92 Å². The van der Waals surface area contributed by atoms with Gasteiger partial charge in [0.15, 0.2) is 0 Å². The van der Waals surface area contributed by atoms with E-state index in [1.807, 2.05) is 29.7 Å². The minimum absolute atomic E-state index is 0.155. The van der Waals surface area contributed by atoms with E-state index in [9.17, 15) is 4.79 Å². The Labute approximate surface area is 96.3 Å². The van der Waals surface area contributed by atoms with Crippen molar-refractivity contribution in [3.05, 3.63) is 34.2 Å². The van der Waals surface area contributed by atoms with Gasteiger partial charge in [-0.05, 0) is 26.0 Å². The topological polar surface area (TPSA) is 34.4 Å². The fourth-order valence-electron chi connectivity index (χ4n) is 1.64. The Hall–Kier alpha value is -1.16. The van der Waals surface area contributed by atoms with E-state index >= 15 is 0 Å². The molecule has 2 aromatic heterocycles. The van der Waals surface area contributed by atoms with Crippen molar-refractivity contribution >= 4 is 27.4 Å². The second kappa shape index (κ2) is 3.77. The molecule has 2 aromatic rings. The number of imidazole rings is 1. The van der Waals surface area contributed by atoms with Crippen LogP contribution >= 0.6 is 15.9 Å². The van der Waals surface area contributed by atoms with Gasteiger partial charge >= 0.3 is 0 Å². The smallest absolute Gasteiger partial charge is 0.138 e. The maximum Gasteiger partial charge on any atom is 0.138 e. The Morgan fingerprint density at radius 1 is 1.60 bits per heavy atom. The zero-order chi connectivity index (χ0) is 11.0. The van der Waals surface area contributed by atoms with E-state index < -0.39 is 0 Å². The monoisotopic (exact) mass is 266 g/mol. The molecule has 0 spiro atoms. The van der Waals surface area contributed by atoms with Crippen molar-refractivity contribution in [1.29, 1.82) is 0 Å². The number of pyridine rings is 1. The first-order chi connectivity index (χ1) is 7.08. The molecule has 0 bridgehead atoms. The maximum atomic E-state index is 11.1. The summed E-state index contributed by atoms with van der Waals surface area (Å²) in [7, 11) is 0. The van der Waals surface area contributed by atoms with Gasteiger partial charge in [-0.2, -0.15) is 0 Å². The number of carbonyl (C=O) groups excluding carboxylic acids is 1. The fraction of sp³-hybridized carbons (Fsp3) is 0.273. The van der Waals surface area contributed by atoms with Crippen LogP contribution in [-0.2, 0) is 11.2 Å². The van der Waals surface area contributed by atoms with E-state index in [2.05, 4.69) is 20.9 Å². The van der Waals surface area contributed by atoms with E-state index in [1.54, 1.807) is 6.92 Å². The molecule has 0 aliphatic carbocycles. The Balaban J connectivity index is 2.63. The number of halogens is 1. The normalized spacial score (nSPS) is 10.9. The SMILES string of the molecule is CC(=O)Cc1c(C)nc2cc(Br)ccn12. The van der Waals surface area contributed by atoms with E-state index in [0.29, 0.717) is 6.42 Å². The molecule has 0 radical (unpaired) electrons. The predicted octanol–water partition coefficient (Wildman–Crippen LogP) is 2.54. The third-order valence-electron chi connectivity index (χ3n) is 2.30. The number of aryl methyl sites for hydroxylation is 1. The summed E-state index contributed by atoms with van der Waals surface area (Å²) in [6.45, 7) is 3.52. The lowest BCUT2D eigenvalue weighted by Gasteiger charge is -2.00. The van der Waals surface area contributed by atoms with E-state index in [1.165, 1.54) is 0 Å². The Bertz CT molecular complexity index is 531. The van der Waals surface area contributed by atoms with Crippen LogP contribution < -0.4 is 0 Å². The Morgan fingerprint density at radius 2 is 2.33 bits per heavy atom. The van der Waals surface area contributed by atoms with Crippen molar-refractivity contribution in [2.75, 3.05) is 0 Å². The molecule has 0 aliphatic heterocycles. The number of carbonyl (C=O) groups is 1. The van der Waals surface area contributed by atoms with E-state index in [0.717, 1.165) is 21.5 Å². The van der Waals surface area contributed by atoms with Gasteiger partial charge in [0.2, 0.25) is 0 Å². The average Bonchev–Trinajstić information content (AvgIpc) is 2.41. The second-order valence-corrected chi connectivity index (χ2v) is 4.51. The van der Waals surface area contributed by atoms with Gasteiger partial charge in [-0.25, -0.2) is 4.98 Å². The number of hydrogen-bond donors (Lipinski definition) is 0. The molecule has 0 N–H and O–H groups in total. The zero-order valence-corrected chi connectivity index (χ0v) is 10.2. The van der Waals surface area contributed by atoms with E-state index in [4.69, 9.17) is 0 Å². The third-order valence-corrected chi connectivity index (χ3v) is 2.80. The number of hydrogen-bond acceptors (Lipinski definition) is 2. The van der Waals surface area contributed by atoms with Crippen molar-refractivity contribution in [2.24, 2.45) is 0 Å². The predicted molar refractivity (Wildman–Crippen MR) is 62.0 cm³/mol. The van der Waals surface area contributed by atoms with Crippen molar-refractivity contribution in [3.8, 4) is 0 Å². The van der Waals surface area contributed by atoms with Crippen LogP contribution in [-0.4, -0.2) is 15.2 Å². The Kier molecular flexibility index (Phi) is 2.61. The average molecular weight is 267 g/mol. The van der Waals surface area contributed by atoms with Gasteiger partial charge in [-0.15, -0.1) is 0 Å². The van der Waals surface area contributed by atoms with Crippen molar-refractivity contribution in [1.82, 2.24) is 9.38 Å². The lowest BCUT2D eigenvalue weighted by molar-refractivity contribution is -0.116. The molecular formula is C11H11BrN2O. The van der Waals surface area contributed by atoms with Gasteiger partial charge in [-0.1, -0.05) is 15.9 Å². The quantitative estimate of drug-likeness (QED) is 0.838. The first-order valence-electron chi connectivity index (χ1n) is 4.70. The molecule has 3 nitrogen and oxygen atoms in total. The minimum Gasteiger partial charge on any atom is -0.303 e. The largest absolute Gasteiger partial charge is 0.303 e. The van der Waals surface area contributed by atoms with Crippen molar-refractivity contribution in [2.45, 2.75) is 20.3 Å². The first-order valence-corrected chi connectivity index (χ1v) is 5.50. The fourth-order valence-corrected chi connectivity index (χ4v) is 1.96. The van der Waals surface area contributed by atoms with Crippen LogP contribution in [0.3, 0.4) is 0 Å². The molecule has 0 unspecified atom stereocenters. The molecule has 0 fully saturated rings. The number of nitrogens with zero attached hydrogens (tertiary/aromatic N) is 2. The molecule has 0 atom stereocenters. The van der Waals surface area contributed by atoms with Crippen LogP contribution in [0.5, 0.6) is 0 Å². The summed E-state index contributed by atoms with van der Waals surface area (Å²) in [5, 5.41) is 0. The molecule has 4 heteroatoms. The highest BCUT2D eigenvalue weighted by molar-refractivity contribution is 9.10. The standard InChI is InChI=1S/C11H11BrN2O/c1-7(15)5-10-8(2)13-11-6-9(12)3-4-14(10)11/h3-4,6H,5H2,1-2H3. The molecule has 15 heavy (non-hydrogen) atoms. The minimum atomic E-state index is 0.155. The van der Waals surface area contributed by atoms with Crippen LogP contribution in [0.25, 0.3) is 5.65 Å². The van der Waals surface area contributed by atoms with Gasteiger partial charge in [0.1, 0.15) is 11.4 Å². The first kappa shape index (κ1) is 10.4. The number of fused-ring (bicyclic) bond motifs is 1. The lowest BCUT2D eigenvalue weighted by Crippen LogP contribution is -2.01. The zero-order valence-electron chi connectivity index (χ0n) is 8.62. The van der Waals surface area contributed by atoms with Gasteiger partial charge in [0.05, 0.1) is 11.4 Å². The summed E-state index contributed by atoms with van der Waals surface area (Å²) in [4.78, 5) is 15.5. The molecule has 0 saturated heterocycles. The summed E-state index contributed by atoms with van der Waals surface area (Å²) in [5.74, 6) is 0.155. The molecule has 0 aliphatic rings. The second-order valence-electron chi connectivity index (χ2n) is 3.60. The molecule has 0 saturated carbocycles. The molecular weight excluding hydrogens is 256 g/mol. The number of aromatic nitrogens is 2. The van der Waals surface area contributed by atoms with Crippen LogP contribution in [0.15, 0.2) is 22.8 Å². The summed E-state index contributed by atoms with van der Waals surface area (Å²) < 4.78 is 2.95. The van der Waals surface area contributed by atoms with Crippen molar-refractivity contribution in [3.63, 3.8) is 0 Å². The number of rotatable bonds is 2. The highest BCUT2D eigenvalue weighted by atomic mass is 79.9. The molecule has 0 amide bonds. The van der Waals surface area contributed by atoms with Gasteiger partial charge in [0.25, 0.3) is 0 Å². The summed E-state index contributed by atoms with van der Waals surface area (Å²) >= 11 is 3.40. The molecule has 2 heterocycles. The van der Waals surface area contributed by atoms with Gasteiger partial charge < -0.3 is 4.40 Å². The van der Waals surface area contributed by atoms with E-state index in [-0.39, 0.29) is 5.78 Å². The Morgan fingerprint density at radius 3 is 3.00 bits per heavy atom. The summed E-state index contributed by atoms with van der Waals surface area (Å²) in [5.41, 5.74) is 2.77. The molecule has 0 aromatic carbocycles. The number of Topliss-reactive ketones (excluding diaryl/α,β-unsaturated/α-hetero) is 1.